The molecule has 0 saturated heterocycles. The van der Waals surface area contributed by atoms with Gasteiger partial charge >= 0.3 is 12.1 Å². The monoisotopic (exact) mass is 310 g/mol. The molecule has 0 amide bonds. The molecule has 0 heterocycles. The summed E-state index contributed by atoms with van der Waals surface area (Å²) in [5, 5.41) is 8.67. The van der Waals surface area contributed by atoms with Crippen LogP contribution in [-0.2, 0) is 11.0 Å². The summed E-state index contributed by atoms with van der Waals surface area (Å²) in [4.78, 5) is 10.6. The van der Waals surface area contributed by atoms with Crippen LogP contribution in [0, 0.1) is 6.92 Å². The van der Waals surface area contributed by atoms with Crippen LogP contribution in [0.3, 0.4) is 0 Å². The second-order valence-electron chi connectivity index (χ2n) is 4.71. The highest BCUT2D eigenvalue weighted by Crippen LogP contribution is 2.38. The highest BCUT2D eigenvalue weighted by Gasteiger charge is 2.31. The van der Waals surface area contributed by atoms with Gasteiger partial charge in [0.1, 0.15) is 5.75 Å². The zero-order valence-electron chi connectivity index (χ0n) is 11.6. The van der Waals surface area contributed by atoms with E-state index < -0.39 is 24.3 Å². The Kier molecular flexibility index (Phi) is 4.40. The third-order valence-corrected chi connectivity index (χ3v) is 3.09. The van der Waals surface area contributed by atoms with E-state index in [4.69, 9.17) is 9.84 Å². The van der Waals surface area contributed by atoms with E-state index in [1.165, 1.54) is 0 Å². The number of benzene rings is 2. The number of carboxylic acid groups (broad SMARTS) is 1. The predicted octanol–water partition coefficient (Wildman–Crippen LogP) is 4.14. The van der Waals surface area contributed by atoms with Crippen LogP contribution in [0.5, 0.6) is 5.75 Å². The van der Waals surface area contributed by atoms with Gasteiger partial charge in [0.2, 0.25) is 0 Å². The number of halogens is 3. The molecule has 0 atom stereocenters. The fraction of sp³-hybridized carbons (Fsp3) is 0.188. The Hall–Kier alpha value is -2.50. The molecule has 2 rings (SSSR count). The maximum absolute atomic E-state index is 12.9. The van der Waals surface area contributed by atoms with Gasteiger partial charge in [-0.15, -0.1) is 0 Å². The van der Waals surface area contributed by atoms with E-state index in [1.54, 1.807) is 31.2 Å². The van der Waals surface area contributed by atoms with Crippen molar-refractivity contribution >= 4 is 5.97 Å². The lowest BCUT2D eigenvalue weighted by atomic mass is 9.98. The largest absolute Gasteiger partial charge is 0.481 e. The smallest absolute Gasteiger partial charge is 0.416 e. The summed E-state index contributed by atoms with van der Waals surface area (Å²) in [5.74, 6) is -1.10. The molecule has 0 spiro atoms. The van der Waals surface area contributed by atoms with Gasteiger partial charge in [-0.25, -0.2) is 4.79 Å². The highest BCUT2D eigenvalue weighted by molar-refractivity contribution is 5.75. The van der Waals surface area contributed by atoms with E-state index >= 15 is 0 Å². The molecule has 1 N–H and O–H groups in total. The lowest BCUT2D eigenvalue weighted by Gasteiger charge is -2.15. The first-order chi connectivity index (χ1) is 10.3. The second-order valence-corrected chi connectivity index (χ2v) is 4.71. The summed E-state index contributed by atoms with van der Waals surface area (Å²) in [6, 6.07) is 9.88. The fourth-order valence-electron chi connectivity index (χ4n) is 2.06. The average Bonchev–Trinajstić information content (AvgIpc) is 2.44. The predicted molar refractivity (Wildman–Crippen MR) is 74.7 cm³/mol. The number of aliphatic carboxylic acids is 1. The van der Waals surface area contributed by atoms with Crippen molar-refractivity contribution in [3.63, 3.8) is 0 Å². The standard InChI is InChI=1S/C16H13F3O3/c1-10-4-2-3-5-12(10)13-8-11(16(17,18)19)6-7-14(13)22-9-15(20)21/h2-8H,9H2,1H3,(H,20,21). The van der Waals surface area contributed by atoms with Crippen LogP contribution >= 0.6 is 0 Å². The van der Waals surface area contributed by atoms with Crippen molar-refractivity contribution in [2.45, 2.75) is 13.1 Å². The molecule has 3 nitrogen and oxygen atoms in total. The lowest BCUT2D eigenvalue weighted by molar-refractivity contribution is -0.140. The van der Waals surface area contributed by atoms with Gasteiger partial charge in [0.05, 0.1) is 5.56 Å². The van der Waals surface area contributed by atoms with Crippen LogP contribution in [0.4, 0.5) is 13.2 Å². The number of hydrogen-bond donors (Lipinski definition) is 1. The van der Waals surface area contributed by atoms with Crippen molar-refractivity contribution in [3.05, 3.63) is 53.6 Å². The molecule has 2 aromatic carbocycles. The molecule has 0 aliphatic heterocycles. The third-order valence-electron chi connectivity index (χ3n) is 3.09. The van der Waals surface area contributed by atoms with Crippen LogP contribution in [0.2, 0.25) is 0 Å². The fourth-order valence-corrected chi connectivity index (χ4v) is 2.06. The Morgan fingerprint density at radius 1 is 1.14 bits per heavy atom. The molecule has 116 valence electrons. The molecule has 0 radical (unpaired) electrons. The molecular formula is C16H13F3O3. The van der Waals surface area contributed by atoms with Gasteiger partial charge in [0.15, 0.2) is 6.61 Å². The number of carboxylic acids is 1. The first kappa shape index (κ1) is 15.9. The normalized spacial score (nSPS) is 11.3. The van der Waals surface area contributed by atoms with Crippen LogP contribution in [-0.4, -0.2) is 17.7 Å². The Labute approximate surface area is 125 Å². The maximum Gasteiger partial charge on any atom is 0.416 e. The summed E-state index contributed by atoms with van der Waals surface area (Å²) in [6.07, 6.45) is -4.48. The van der Waals surface area contributed by atoms with Gasteiger partial charge < -0.3 is 9.84 Å². The Morgan fingerprint density at radius 3 is 2.41 bits per heavy atom. The van der Waals surface area contributed by atoms with Crippen molar-refractivity contribution in [1.29, 1.82) is 0 Å². The number of aryl methyl sites for hydroxylation is 1. The number of rotatable bonds is 4. The van der Waals surface area contributed by atoms with Crippen molar-refractivity contribution in [2.24, 2.45) is 0 Å². The molecule has 0 unspecified atom stereocenters. The van der Waals surface area contributed by atoms with E-state index in [2.05, 4.69) is 0 Å². The van der Waals surface area contributed by atoms with Gasteiger partial charge in [-0.05, 0) is 36.2 Å². The number of hydrogen-bond acceptors (Lipinski definition) is 2. The summed E-state index contributed by atoms with van der Waals surface area (Å²) >= 11 is 0. The molecule has 0 saturated carbocycles. The number of alkyl halides is 3. The topological polar surface area (TPSA) is 46.5 Å². The van der Waals surface area contributed by atoms with E-state index in [0.717, 1.165) is 23.8 Å². The summed E-state index contributed by atoms with van der Waals surface area (Å²) in [5.41, 5.74) is 0.735. The van der Waals surface area contributed by atoms with Crippen LogP contribution < -0.4 is 4.74 Å². The molecule has 22 heavy (non-hydrogen) atoms. The lowest BCUT2D eigenvalue weighted by Crippen LogP contribution is -2.11. The maximum atomic E-state index is 12.9. The zero-order chi connectivity index (χ0) is 16.3. The van der Waals surface area contributed by atoms with Gasteiger partial charge in [0.25, 0.3) is 0 Å². The van der Waals surface area contributed by atoms with Crippen molar-refractivity contribution < 1.29 is 27.8 Å². The van der Waals surface area contributed by atoms with Crippen molar-refractivity contribution in [2.75, 3.05) is 6.61 Å². The molecule has 0 aromatic heterocycles. The average molecular weight is 310 g/mol. The molecule has 0 fully saturated rings. The third kappa shape index (κ3) is 3.58. The van der Waals surface area contributed by atoms with E-state index in [9.17, 15) is 18.0 Å². The van der Waals surface area contributed by atoms with Crippen molar-refractivity contribution in [1.82, 2.24) is 0 Å². The number of carbonyl (C=O) groups is 1. The van der Waals surface area contributed by atoms with Gasteiger partial charge in [0, 0.05) is 5.56 Å². The molecular weight excluding hydrogens is 297 g/mol. The Balaban J connectivity index is 2.55. The molecule has 0 bridgehead atoms. The minimum atomic E-state index is -4.48. The summed E-state index contributed by atoms with van der Waals surface area (Å²) in [6.45, 7) is 1.14. The molecule has 6 heteroatoms. The van der Waals surface area contributed by atoms with Crippen LogP contribution in [0.15, 0.2) is 42.5 Å². The molecule has 0 aliphatic carbocycles. The first-order valence-corrected chi connectivity index (χ1v) is 6.41. The second kappa shape index (κ2) is 6.09. The highest BCUT2D eigenvalue weighted by atomic mass is 19.4. The van der Waals surface area contributed by atoms with Gasteiger partial charge in [-0.3, -0.25) is 0 Å². The molecule has 2 aromatic rings. The quantitative estimate of drug-likeness (QED) is 0.923. The van der Waals surface area contributed by atoms with E-state index in [-0.39, 0.29) is 11.3 Å². The Bertz CT molecular complexity index is 693. The minimum Gasteiger partial charge on any atom is -0.481 e. The van der Waals surface area contributed by atoms with Crippen LogP contribution in [0.1, 0.15) is 11.1 Å². The number of ether oxygens (including phenoxy) is 1. The Morgan fingerprint density at radius 2 is 1.82 bits per heavy atom. The minimum absolute atomic E-state index is 0.102. The first-order valence-electron chi connectivity index (χ1n) is 6.41. The molecule has 0 aliphatic rings. The van der Waals surface area contributed by atoms with E-state index in [1.807, 2.05) is 0 Å². The SMILES string of the molecule is Cc1ccccc1-c1cc(C(F)(F)F)ccc1OCC(=O)O. The summed E-state index contributed by atoms with van der Waals surface area (Å²) < 4.78 is 43.8. The van der Waals surface area contributed by atoms with Gasteiger partial charge in [-0.2, -0.15) is 13.2 Å². The van der Waals surface area contributed by atoms with Crippen molar-refractivity contribution in [3.8, 4) is 16.9 Å². The zero-order valence-corrected chi connectivity index (χ0v) is 11.6. The van der Waals surface area contributed by atoms with Crippen LogP contribution in [0.25, 0.3) is 11.1 Å². The van der Waals surface area contributed by atoms with E-state index in [0.29, 0.717) is 5.56 Å². The van der Waals surface area contributed by atoms with Gasteiger partial charge in [-0.1, -0.05) is 24.3 Å². The summed E-state index contributed by atoms with van der Waals surface area (Å²) in [7, 11) is 0.